The maximum atomic E-state index is 14.5. The average Bonchev–Trinajstić information content (AvgIpc) is 3.72. The zero-order valence-corrected chi connectivity index (χ0v) is 25.1. The quantitative estimate of drug-likeness (QED) is 0.452. The van der Waals surface area contributed by atoms with E-state index in [2.05, 4.69) is 4.90 Å². The highest BCUT2D eigenvalue weighted by atomic mass is 19.4. The summed E-state index contributed by atoms with van der Waals surface area (Å²) in [6, 6.07) is 3.86. The van der Waals surface area contributed by atoms with E-state index in [1.54, 1.807) is 23.0 Å². The van der Waals surface area contributed by atoms with E-state index in [1.165, 1.54) is 18.9 Å². The van der Waals surface area contributed by atoms with Crippen molar-refractivity contribution in [1.82, 2.24) is 14.7 Å². The molecule has 2 amide bonds. The molecule has 8 nitrogen and oxygen atoms in total. The molecule has 4 heterocycles. The number of carbonyl (C=O) groups excluding carboxylic acids is 2. The molecular weight excluding hydrogens is 563 g/mol. The standard InChI is InChI=1S/C32H44F3N3O5/c1-41-28-20-42-12-7-24(28)14-22-15-27-19-38(30(40)43-13-11-36-8-2-3-9-36)21-31(27,17-22)29(39)37-10-6-23-4-5-26(32(33,34)35)16-25(23)18-37/h4-5,16,22,24,27-28H,2-3,6-15,17-21H2,1H3/t22-,24?,27+,28?,31+/m1/s1. The van der Waals surface area contributed by atoms with Crippen molar-refractivity contribution in [2.24, 2.45) is 23.2 Å². The van der Waals surface area contributed by atoms with Gasteiger partial charge >= 0.3 is 12.3 Å². The smallest absolute Gasteiger partial charge is 0.416 e. The molecule has 238 valence electrons. The van der Waals surface area contributed by atoms with Crippen molar-refractivity contribution in [3.63, 3.8) is 0 Å². The lowest BCUT2D eigenvalue weighted by atomic mass is 9.77. The number of halogens is 3. The molecular formula is C32H44F3N3O5. The summed E-state index contributed by atoms with van der Waals surface area (Å²) in [4.78, 5) is 33.4. The third-order valence-electron chi connectivity index (χ3n) is 10.7. The molecule has 0 aromatic heterocycles. The van der Waals surface area contributed by atoms with Crippen LogP contribution in [0, 0.1) is 23.2 Å². The average molecular weight is 608 g/mol. The number of rotatable bonds is 7. The first-order chi connectivity index (χ1) is 20.7. The van der Waals surface area contributed by atoms with Crippen LogP contribution in [0.1, 0.15) is 55.2 Å². The van der Waals surface area contributed by atoms with Gasteiger partial charge in [0.15, 0.2) is 0 Å². The highest BCUT2D eigenvalue weighted by Gasteiger charge is 2.60. The number of carbonyl (C=O) groups is 2. The van der Waals surface area contributed by atoms with E-state index in [-0.39, 0.29) is 30.6 Å². The highest BCUT2D eigenvalue weighted by Crippen LogP contribution is 2.54. The summed E-state index contributed by atoms with van der Waals surface area (Å²) in [6.07, 6.45) is 1.43. The predicted octanol–water partition coefficient (Wildman–Crippen LogP) is 4.59. The molecule has 11 heteroatoms. The van der Waals surface area contributed by atoms with Crippen LogP contribution in [0.5, 0.6) is 0 Å². The second kappa shape index (κ2) is 12.6. The molecule has 5 atom stereocenters. The van der Waals surface area contributed by atoms with E-state index in [9.17, 15) is 22.8 Å². The number of fused-ring (bicyclic) bond motifs is 2. The Bertz CT molecular complexity index is 1180. The number of methoxy groups -OCH3 is 1. The van der Waals surface area contributed by atoms with E-state index in [0.29, 0.717) is 76.2 Å². The van der Waals surface area contributed by atoms with Crippen LogP contribution in [0.15, 0.2) is 18.2 Å². The van der Waals surface area contributed by atoms with Crippen molar-refractivity contribution in [2.75, 3.05) is 66.2 Å². The van der Waals surface area contributed by atoms with Gasteiger partial charge in [0, 0.05) is 46.4 Å². The number of ether oxygens (including phenoxy) is 3. The van der Waals surface area contributed by atoms with Crippen molar-refractivity contribution in [1.29, 1.82) is 0 Å². The first kappa shape index (κ1) is 30.6. The van der Waals surface area contributed by atoms with Crippen LogP contribution in [0.25, 0.3) is 0 Å². The van der Waals surface area contributed by atoms with Gasteiger partial charge in [-0.15, -0.1) is 0 Å². The number of benzene rings is 1. The van der Waals surface area contributed by atoms with Crippen LogP contribution in [0.4, 0.5) is 18.0 Å². The third-order valence-corrected chi connectivity index (χ3v) is 10.7. The Labute approximate surface area is 251 Å². The van der Waals surface area contributed by atoms with Gasteiger partial charge in [0.1, 0.15) is 6.61 Å². The Hall–Kier alpha value is -2.37. The van der Waals surface area contributed by atoms with E-state index in [1.807, 2.05) is 0 Å². The van der Waals surface area contributed by atoms with Gasteiger partial charge in [-0.1, -0.05) is 6.07 Å². The maximum Gasteiger partial charge on any atom is 0.416 e. The van der Waals surface area contributed by atoms with Crippen LogP contribution in [0.3, 0.4) is 0 Å². The molecule has 4 fully saturated rings. The second-order valence-electron chi connectivity index (χ2n) is 13.3. The molecule has 1 saturated carbocycles. The third kappa shape index (κ3) is 6.40. The number of nitrogens with zero attached hydrogens (tertiary/aromatic N) is 3. The zero-order valence-electron chi connectivity index (χ0n) is 25.1. The number of hydrogen-bond donors (Lipinski definition) is 0. The maximum absolute atomic E-state index is 14.5. The fourth-order valence-corrected chi connectivity index (χ4v) is 8.45. The Morgan fingerprint density at radius 2 is 1.93 bits per heavy atom. The Morgan fingerprint density at radius 3 is 2.70 bits per heavy atom. The van der Waals surface area contributed by atoms with Gasteiger partial charge in [0.2, 0.25) is 5.91 Å². The predicted molar refractivity (Wildman–Crippen MR) is 152 cm³/mol. The van der Waals surface area contributed by atoms with Crippen molar-refractivity contribution < 1.29 is 37.0 Å². The van der Waals surface area contributed by atoms with Gasteiger partial charge in [-0.2, -0.15) is 13.2 Å². The van der Waals surface area contributed by atoms with E-state index in [4.69, 9.17) is 14.2 Å². The molecule has 5 aliphatic rings. The zero-order chi connectivity index (χ0) is 30.2. The topological polar surface area (TPSA) is 71.5 Å². The summed E-state index contributed by atoms with van der Waals surface area (Å²) in [5.74, 6) is 0.603. The Morgan fingerprint density at radius 1 is 1.12 bits per heavy atom. The molecule has 1 aromatic rings. The van der Waals surface area contributed by atoms with Gasteiger partial charge < -0.3 is 24.0 Å². The molecule has 0 bridgehead atoms. The van der Waals surface area contributed by atoms with Gasteiger partial charge in [0.05, 0.1) is 23.7 Å². The number of likely N-dealkylation sites (tertiary alicyclic amines) is 2. The Kier molecular flexibility index (Phi) is 8.95. The van der Waals surface area contributed by atoms with Crippen molar-refractivity contribution in [3.05, 3.63) is 34.9 Å². The molecule has 3 saturated heterocycles. The molecule has 43 heavy (non-hydrogen) atoms. The number of hydrogen-bond acceptors (Lipinski definition) is 6. The minimum Gasteiger partial charge on any atom is -0.448 e. The second-order valence-corrected chi connectivity index (χ2v) is 13.3. The molecule has 0 spiro atoms. The summed E-state index contributed by atoms with van der Waals surface area (Å²) in [5.41, 5.74) is -0.0373. The number of amides is 2. The van der Waals surface area contributed by atoms with Crippen LogP contribution in [-0.2, 0) is 38.1 Å². The van der Waals surface area contributed by atoms with Crippen molar-refractivity contribution in [2.45, 2.75) is 63.8 Å². The van der Waals surface area contributed by atoms with Crippen molar-refractivity contribution >= 4 is 12.0 Å². The van der Waals surface area contributed by atoms with Crippen LogP contribution in [0.2, 0.25) is 0 Å². The highest BCUT2D eigenvalue weighted by molar-refractivity contribution is 5.86. The van der Waals surface area contributed by atoms with Crippen LogP contribution >= 0.6 is 0 Å². The molecule has 6 rings (SSSR count). The van der Waals surface area contributed by atoms with Gasteiger partial charge in [-0.05, 0) is 99.0 Å². The summed E-state index contributed by atoms with van der Waals surface area (Å²) in [6.45, 7) is 5.76. The SMILES string of the molecule is COC1COCCC1C[C@@H]1C[C@H]2CN(C(=O)OCCN3CCCC3)C[C@@]2(C(=O)N2CCc3ccc(C(F)(F)F)cc3C2)C1. The summed E-state index contributed by atoms with van der Waals surface area (Å²) < 4.78 is 57.4. The lowest BCUT2D eigenvalue weighted by Gasteiger charge is -2.38. The fraction of sp³-hybridized carbons (Fsp3) is 0.750. The first-order valence-electron chi connectivity index (χ1n) is 15.9. The molecule has 1 aliphatic carbocycles. The van der Waals surface area contributed by atoms with Gasteiger partial charge in [0.25, 0.3) is 0 Å². The number of alkyl halides is 3. The van der Waals surface area contributed by atoms with Crippen LogP contribution < -0.4 is 0 Å². The summed E-state index contributed by atoms with van der Waals surface area (Å²) in [5, 5.41) is 0. The van der Waals surface area contributed by atoms with E-state index in [0.717, 1.165) is 44.0 Å². The minimum atomic E-state index is -4.44. The molecule has 1 aromatic carbocycles. The normalized spacial score (nSPS) is 31.3. The lowest BCUT2D eigenvalue weighted by Crippen LogP contribution is -2.49. The largest absolute Gasteiger partial charge is 0.448 e. The van der Waals surface area contributed by atoms with E-state index >= 15 is 0 Å². The monoisotopic (exact) mass is 607 g/mol. The molecule has 0 radical (unpaired) electrons. The fourth-order valence-electron chi connectivity index (χ4n) is 8.45. The minimum absolute atomic E-state index is 0.0140. The first-order valence-corrected chi connectivity index (χ1v) is 15.9. The van der Waals surface area contributed by atoms with Gasteiger partial charge in [-0.25, -0.2) is 4.79 Å². The van der Waals surface area contributed by atoms with Gasteiger partial charge in [-0.3, -0.25) is 9.69 Å². The van der Waals surface area contributed by atoms with E-state index < -0.39 is 17.2 Å². The molecule has 4 aliphatic heterocycles. The Balaban J connectivity index is 1.18. The van der Waals surface area contributed by atoms with Crippen molar-refractivity contribution in [3.8, 4) is 0 Å². The van der Waals surface area contributed by atoms with Crippen LogP contribution in [-0.4, -0.2) is 99.0 Å². The summed E-state index contributed by atoms with van der Waals surface area (Å²) >= 11 is 0. The molecule has 0 N–H and O–H groups in total. The lowest BCUT2D eigenvalue weighted by molar-refractivity contribution is -0.144. The summed E-state index contributed by atoms with van der Waals surface area (Å²) in [7, 11) is 1.71. The molecule has 2 unspecified atom stereocenters.